The summed E-state index contributed by atoms with van der Waals surface area (Å²) in [5, 5.41) is 3.33. The highest BCUT2D eigenvalue weighted by Crippen LogP contribution is 2.27. The Morgan fingerprint density at radius 3 is 2.78 bits per heavy atom. The van der Waals surface area contributed by atoms with Crippen molar-refractivity contribution in [1.82, 2.24) is 15.0 Å². The van der Waals surface area contributed by atoms with Crippen LogP contribution in [0.5, 0.6) is 0 Å². The number of halogens is 1. The molecule has 0 atom stereocenters. The largest absolute Gasteiger partial charge is 0.351 e. The summed E-state index contributed by atoms with van der Waals surface area (Å²) in [5.74, 6) is 0.586. The molecule has 0 unspecified atom stereocenters. The Balaban J connectivity index is 1.59. The molecule has 6 nitrogen and oxygen atoms in total. The number of carbonyl (C=O) groups excluding carboxylic acids is 1. The fraction of sp³-hybridized carbons (Fsp3) is 0.500. The van der Waals surface area contributed by atoms with E-state index in [4.69, 9.17) is 0 Å². The van der Waals surface area contributed by atoms with E-state index < -0.39 is 5.82 Å². The molecule has 0 spiro atoms. The van der Waals surface area contributed by atoms with Crippen molar-refractivity contribution in [3.05, 3.63) is 30.3 Å². The van der Waals surface area contributed by atoms with Gasteiger partial charge in [0.25, 0.3) is 0 Å². The first-order valence-electron chi connectivity index (χ1n) is 9.76. The van der Waals surface area contributed by atoms with Gasteiger partial charge in [-0.25, -0.2) is 19.3 Å². The van der Waals surface area contributed by atoms with Crippen LogP contribution in [0.1, 0.15) is 51.4 Å². The maximum Gasteiger partial charge on any atom is 0.228 e. The predicted octanol–water partition coefficient (Wildman–Crippen LogP) is 3.94. The van der Waals surface area contributed by atoms with Crippen molar-refractivity contribution in [1.29, 1.82) is 0 Å². The summed E-state index contributed by atoms with van der Waals surface area (Å²) in [6.45, 7) is 0.649. The zero-order chi connectivity index (χ0) is 18.6. The number of aromatic nitrogens is 3. The van der Waals surface area contributed by atoms with Crippen molar-refractivity contribution in [3.63, 3.8) is 0 Å². The van der Waals surface area contributed by atoms with E-state index in [1.54, 1.807) is 23.2 Å². The summed E-state index contributed by atoms with van der Waals surface area (Å²) in [5.41, 5.74) is 0.835. The summed E-state index contributed by atoms with van der Waals surface area (Å²) in [6.07, 6.45) is 11.0. The maximum absolute atomic E-state index is 14.4. The van der Waals surface area contributed by atoms with Crippen LogP contribution >= 0.6 is 0 Å². The number of amides is 1. The smallest absolute Gasteiger partial charge is 0.228 e. The Labute approximate surface area is 158 Å². The molecule has 2 aromatic heterocycles. The van der Waals surface area contributed by atoms with Gasteiger partial charge in [0.1, 0.15) is 11.5 Å². The van der Waals surface area contributed by atoms with Gasteiger partial charge in [-0.3, -0.25) is 9.69 Å². The third-order valence-corrected chi connectivity index (χ3v) is 5.30. The molecule has 1 N–H and O–H groups in total. The van der Waals surface area contributed by atoms with Crippen molar-refractivity contribution < 1.29 is 9.18 Å². The third kappa shape index (κ3) is 4.07. The van der Waals surface area contributed by atoms with Crippen LogP contribution in [-0.4, -0.2) is 33.4 Å². The second kappa shape index (κ2) is 7.98. The van der Waals surface area contributed by atoms with E-state index in [9.17, 15) is 9.18 Å². The summed E-state index contributed by atoms with van der Waals surface area (Å²) in [6, 6.07) is 3.79. The molecule has 1 saturated carbocycles. The number of nitrogens with zero attached hydrogens (tertiary/aromatic N) is 4. The van der Waals surface area contributed by atoms with Crippen LogP contribution in [0.3, 0.4) is 0 Å². The lowest BCUT2D eigenvalue weighted by molar-refractivity contribution is -0.119. The molecule has 0 aromatic carbocycles. The van der Waals surface area contributed by atoms with Gasteiger partial charge in [-0.15, -0.1) is 0 Å². The standard InChI is InChI=1S/C20H24FN5O/c21-16-13-23-20(24-15-6-2-1-3-7-15)25-19(16)14-9-10-22-17(12-14)26-11-5-4-8-18(26)27/h9-10,12-13,15H,1-8,11H2,(H,23,24,25). The molecule has 3 heterocycles. The molecule has 7 heteroatoms. The minimum absolute atomic E-state index is 0.0636. The number of pyridine rings is 1. The summed E-state index contributed by atoms with van der Waals surface area (Å²) < 4.78 is 14.4. The number of carbonyl (C=O) groups is 1. The molecule has 4 rings (SSSR count). The molecular weight excluding hydrogens is 345 g/mol. The molecule has 1 amide bonds. The van der Waals surface area contributed by atoms with Gasteiger partial charge < -0.3 is 5.32 Å². The van der Waals surface area contributed by atoms with Gasteiger partial charge in [0.15, 0.2) is 5.82 Å². The number of nitrogens with one attached hydrogen (secondary N) is 1. The van der Waals surface area contributed by atoms with Gasteiger partial charge in [-0.05, 0) is 37.8 Å². The highest BCUT2D eigenvalue weighted by molar-refractivity contribution is 5.93. The van der Waals surface area contributed by atoms with Crippen molar-refractivity contribution >= 4 is 17.7 Å². The Kier molecular flexibility index (Phi) is 5.27. The average Bonchev–Trinajstić information content (AvgIpc) is 2.71. The summed E-state index contributed by atoms with van der Waals surface area (Å²) in [4.78, 5) is 26.7. The zero-order valence-corrected chi connectivity index (χ0v) is 15.3. The van der Waals surface area contributed by atoms with Crippen LogP contribution in [0, 0.1) is 5.82 Å². The first-order chi connectivity index (χ1) is 13.2. The summed E-state index contributed by atoms with van der Waals surface area (Å²) in [7, 11) is 0. The maximum atomic E-state index is 14.4. The van der Waals surface area contributed by atoms with Crippen LogP contribution in [0.4, 0.5) is 16.2 Å². The fourth-order valence-electron chi connectivity index (χ4n) is 3.83. The molecule has 1 aliphatic heterocycles. The lowest BCUT2D eigenvalue weighted by Crippen LogP contribution is -2.35. The quantitative estimate of drug-likeness (QED) is 0.884. The zero-order valence-electron chi connectivity index (χ0n) is 15.3. The molecule has 0 radical (unpaired) electrons. The van der Waals surface area contributed by atoms with E-state index in [1.807, 2.05) is 0 Å². The molecule has 1 aliphatic carbocycles. The molecule has 2 fully saturated rings. The van der Waals surface area contributed by atoms with E-state index >= 15 is 0 Å². The van der Waals surface area contributed by atoms with Gasteiger partial charge in [-0.1, -0.05) is 19.3 Å². The van der Waals surface area contributed by atoms with Crippen LogP contribution < -0.4 is 10.2 Å². The van der Waals surface area contributed by atoms with E-state index in [-0.39, 0.29) is 11.6 Å². The second-order valence-corrected chi connectivity index (χ2v) is 7.27. The first-order valence-corrected chi connectivity index (χ1v) is 9.76. The minimum Gasteiger partial charge on any atom is -0.351 e. The highest BCUT2D eigenvalue weighted by Gasteiger charge is 2.22. The van der Waals surface area contributed by atoms with Crippen LogP contribution in [0.2, 0.25) is 0 Å². The first kappa shape index (κ1) is 17.8. The topological polar surface area (TPSA) is 71.0 Å². The molecule has 2 aromatic rings. The van der Waals surface area contributed by atoms with E-state index in [0.717, 1.165) is 25.7 Å². The highest BCUT2D eigenvalue weighted by atomic mass is 19.1. The SMILES string of the molecule is O=C1CCCCN1c1cc(-c2nc(NC3CCCCC3)ncc2F)ccn1. The van der Waals surface area contributed by atoms with Crippen LogP contribution in [0.15, 0.2) is 24.5 Å². The Morgan fingerprint density at radius 1 is 1.11 bits per heavy atom. The van der Waals surface area contributed by atoms with Gasteiger partial charge in [-0.2, -0.15) is 0 Å². The molecule has 27 heavy (non-hydrogen) atoms. The number of anilines is 2. The van der Waals surface area contributed by atoms with Crippen molar-refractivity contribution in [2.75, 3.05) is 16.8 Å². The van der Waals surface area contributed by atoms with Crippen LogP contribution in [-0.2, 0) is 4.79 Å². The number of piperidine rings is 1. The van der Waals surface area contributed by atoms with Gasteiger partial charge in [0.05, 0.1) is 6.20 Å². The molecule has 142 valence electrons. The number of hydrogen-bond acceptors (Lipinski definition) is 5. The fourth-order valence-corrected chi connectivity index (χ4v) is 3.83. The molecule has 2 aliphatic rings. The number of hydrogen-bond donors (Lipinski definition) is 1. The average molecular weight is 369 g/mol. The van der Waals surface area contributed by atoms with Crippen molar-refractivity contribution in [3.8, 4) is 11.3 Å². The second-order valence-electron chi connectivity index (χ2n) is 7.27. The molecular formula is C20H24FN5O. The molecule has 0 bridgehead atoms. The van der Waals surface area contributed by atoms with E-state index in [0.29, 0.717) is 36.3 Å². The Bertz CT molecular complexity index is 822. The normalized spacial score (nSPS) is 18.6. The van der Waals surface area contributed by atoms with Gasteiger partial charge in [0.2, 0.25) is 11.9 Å². The van der Waals surface area contributed by atoms with Gasteiger partial charge >= 0.3 is 0 Å². The minimum atomic E-state index is -0.480. The lowest BCUT2D eigenvalue weighted by Gasteiger charge is -2.26. The third-order valence-electron chi connectivity index (χ3n) is 5.30. The van der Waals surface area contributed by atoms with Crippen molar-refractivity contribution in [2.24, 2.45) is 0 Å². The Hall–Kier alpha value is -2.57. The number of rotatable bonds is 4. The van der Waals surface area contributed by atoms with Crippen LogP contribution in [0.25, 0.3) is 11.3 Å². The summed E-state index contributed by atoms with van der Waals surface area (Å²) >= 11 is 0. The van der Waals surface area contributed by atoms with Crippen molar-refractivity contribution in [2.45, 2.75) is 57.4 Å². The van der Waals surface area contributed by atoms with E-state index in [2.05, 4.69) is 20.3 Å². The molecule has 1 saturated heterocycles. The Morgan fingerprint density at radius 2 is 1.96 bits per heavy atom. The predicted molar refractivity (Wildman–Crippen MR) is 102 cm³/mol. The monoisotopic (exact) mass is 369 g/mol. The van der Waals surface area contributed by atoms with Gasteiger partial charge in [0, 0.05) is 30.8 Å². The van der Waals surface area contributed by atoms with E-state index in [1.165, 1.54) is 25.5 Å². The lowest BCUT2D eigenvalue weighted by atomic mass is 9.96.